The summed E-state index contributed by atoms with van der Waals surface area (Å²) in [6.45, 7) is 0.715. The van der Waals surface area contributed by atoms with E-state index >= 15 is 0 Å². The first-order chi connectivity index (χ1) is 10.2. The number of fused-ring (bicyclic) bond motifs is 1. The van der Waals surface area contributed by atoms with Crippen LogP contribution in [0.1, 0.15) is 17.9 Å². The summed E-state index contributed by atoms with van der Waals surface area (Å²) >= 11 is 0. The molecule has 2 aromatic rings. The third-order valence-electron chi connectivity index (χ3n) is 4.18. The molecule has 1 heterocycles. The zero-order valence-corrected chi connectivity index (χ0v) is 12.0. The lowest BCUT2D eigenvalue weighted by atomic mass is 9.88. The van der Waals surface area contributed by atoms with E-state index in [1.54, 1.807) is 0 Å². The monoisotopic (exact) mass is 285 g/mol. The van der Waals surface area contributed by atoms with Gasteiger partial charge in [-0.15, -0.1) is 0 Å². The van der Waals surface area contributed by atoms with Crippen LogP contribution in [0.5, 0.6) is 0 Å². The van der Waals surface area contributed by atoms with Crippen molar-refractivity contribution in [2.45, 2.75) is 24.5 Å². The minimum Gasteiger partial charge on any atom is -0.469 e. The average molecular weight is 285 g/mol. The van der Waals surface area contributed by atoms with Gasteiger partial charge >= 0.3 is 5.97 Å². The summed E-state index contributed by atoms with van der Waals surface area (Å²) in [5, 5.41) is 15.5. The number of methoxy groups -OCH3 is 1. The van der Waals surface area contributed by atoms with Gasteiger partial charge in [-0.3, -0.25) is 4.79 Å². The summed E-state index contributed by atoms with van der Waals surface area (Å²) < 4.78 is 4.95. The molecule has 0 amide bonds. The van der Waals surface area contributed by atoms with Crippen LogP contribution in [-0.2, 0) is 9.53 Å². The van der Waals surface area contributed by atoms with Crippen molar-refractivity contribution >= 4 is 16.7 Å². The van der Waals surface area contributed by atoms with Crippen LogP contribution >= 0.6 is 0 Å². The van der Waals surface area contributed by atoms with E-state index in [1.165, 1.54) is 7.11 Å². The molecule has 3 atom stereocenters. The molecule has 0 aromatic heterocycles. The molecule has 4 nitrogen and oxygen atoms in total. The van der Waals surface area contributed by atoms with Gasteiger partial charge in [0.2, 0.25) is 0 Å². The number of ether oxygens (including phenoxy) is 1. The second-order valence-electron chi connectivity index (χ2n) is 5.44. The van der Waals surface area contributed by atoms with Gasteiger partial charge in [0.05, 0.1) is 25.2 Å². The predicted octanol–water partition coefficient (Wildman–Crippen LogP) is 1.82. The number of rotatable bonds is 3. The van der Waals surface area contributed by atoms with E-state index in [0.29, 0.717) is 13.0 Å². The Morgan fingerprint density at radius 3 is 2.71 bits per heavy atom. The lowest BCUT2D eigenvalue weighted by molar-refractivity contribution is -0.143. The summed E-state index contributed by atoms with van der Waals surface area (Å²) in [5.41, 5.74) is 0.874. The van der Waals surface area contributed by atoms with E-state index in [-0.39, 0.29) is 12.0 Å². The summed E-state index contributed by atoms with van der Waals surface area (Å²) in [7, 11) is 1.39. The van der Waals surface area contributed by atoms with Gasteiger partial charge in [-0.25, -0.2) is 0 Å². The number of esters is 1. The van der Waals surface area contributed by atoms with Crippen LogP contribution in [0.2, 0.25) is 0 Å². The lowest BCUT2D eigenvalue weighted by Crippen LogP contribution is -2.40. The van der Waals surface area contributed by atoms with E-state index in [2.05, 4.69) is 5.32 Å². The average Bonchev–Trinajstić information content (AvgIpc) is 2.93. The maximum atomic E-state index is 12.2. The van der Waals surface area contributed by atoms with Crippen LogP contribution in [0, 0.1) is 0 Å². The highest BCUT2D eigenvalue weighted by atomic mass is 16.5. The number of aliphatic hydroxyl groups excluding tert-OH is 1. The van der Waals surface area contributed by atoms with E-state index in [9.17, 15) is 9.90 Å². The van der Waals surface area contributed by atoms with E-state index in [4.69, 9.17) is 4.74 Å². The smallest absolute Gasteiger partial charge is 0.314 e. The van der Waals surface area contributed by atoms with Gasteiger partial charge in [-0.1, -0.05) is 42.5 Å². The number of carbonyl (C=O) groups is 1. The van der Waals surface area contributed by atoms with Crippen LogP contribution in [-0.4, -0.2) is 36.9 Å². The Kier molecular flexibility index (Phi) is 3.90. The van der Waals surface area contributed by atoms with Gasteiger partial charge in [-0.2, -0.15) is 0 Å². The Balaban J connectivity index is 2.03. The number of hydrogen-bond donors (Lipinski definition) is 2. The lowest BCUT2D eigenvalue weighted by Gasteiger charge is -2.24. The quantitative estimate of drug-likeness (QED) is 0.845. The number of carbonyl (C=O) groups excluding carboxylic acids is 1. The van der Waals surface area contributed by atoms with E-state index in [0.717, 1.165) is 16.3 Å². The molecule has 4 heteroatoms. The topological polar surface area (TPSA) is 58.6 Å². The van der Waals surface area contributed by atoms with Crippen molar-refractivity contribution in [1.29, 1.82) is 0 Å². The largest absolute Gasteiger partial charge is 0.469 e. The number of aliphatic hydroxyl groups is 1. The Morgan fingerprint density at radius 1 is 1.29 bits per heavy atom. The highest BCUT2D eigenvalue weighted by Gasteiger charge is 2.38. The molecule has 1 saturated heterocycles. The molecule has 110 valence electrons. The number of benzene rings is 2. The Labute approximate surface area is 123 Å². The maximum Gasteiger partial charge on any atom is 0.314 e. The Morgan fingerprint density at radius 2 is 2.05 bits per heavy atom. The first-order valence-electron chi connectivity index (χ1n) is 7.18. The van der Waals surface area contributed by atoms with Crippen LogP contribution in [0.25, 0.3) is 10.8 Å². The van der Waals surface area contributed by atoms with Gasteiger partial charge in [0.15, 0.2) is 0 Å². The normalized spacial score (nSPS) is 23.1. The van der Waals surface area contributed by atoms with E-state index < -0.39 is 12.0 Å². The molecule has 1 fully saturated rings. The highest BCUT2D eigenvalue weighted by molar-refractivity contribution is 5.86. The van der Waals surface area contributed by atoms with Crippen molar-refractivity contribution in [2.24, 2.45) is 0 Å². The Bertz CT molecular complexity index is 655. The second kappa shape index (κ2) is 5.84. The third kappa shape index (κ3) is 2.64. The van der Waals surface area contributed by atoms with Crippen molar-refractivity contribution in [3.05, 3.63) is 48.0 Å². The summed E-state index contributed by atoms with van der Waals surface area (Å²) in [6, 6.07) is 13.7. The van der Waals surface area contributed by atoms with Crippen LogP contribution < -0.4 is 5.32 Å². The van der Waals surface area contributed by atoms with Crippen molar-refractivity contribution in [3.63, 3.8) is 0 Å². The number of hydrogen-bond acceptors (Lipinski definition) is 4. The fourth-order valence-electron chi connectivity index (χ4n) is 3.07. The summed E-state index contributed by atoms with van der Waals surface area (Å²) in [5.74, 6) is -0.805. The molecule has 0 saturated carbocycles. The molecule has 2 aromatic carbocycles. The highest BCUT2D eigenvalue weighted by Crippen LogP contribution is 2.29. The first-order valence-corrected chi connectivity index (χ1v) is 7.18. The minimum atomic E-state index is -0.527. The predicted molar refractivity (Wildman–Crippen MR) is 81.1 cm³/mol. The molecular formula is C17H19NO3. The molecule has 0 spiro atoms. The molecule has 1 aliphatic rings. The van der Waals surface area contributed by atoms with E-state index in [1.807, 2.05) is 42.5 Å². The molecule has 3 rings (SSSR count). The van der Waals surface area contributed by atoms with Crippen molar-refractivity contribution < 1.29 is 14.6 Å². The minimum absolute atomic E-state index is 0.293. The molecule has 0 radical (unpaired) electrons. The zero-order valence-electron chi connectivity index (χ0n) is 12.0. The fraction of sp³-hybridized carbons (Fsp3) is 0.353. The molecule has 0 aliphatic carbocycles. The van der Waals surface area contributed by atoms with Gasteiger partial charge < -0.3 is 15.2 Å². The molecular weight excluding hydrogens is 266 g/mol. The van der Waals surface area contributed by atoms with Crippen molar-refractivity contribution in [2.75, 3.05) is 13.7 Å². The zero-order chi connectivity index (χ0) is 14.8. The molecule has 1 aliphatic heterocycles. The second-order valence-corrected chi connectivity index (χ2v) is 5.44. The molecule has 0 bridgehead atoms. The molecule has 2 N–H and O–H groups in total. The first kappa shape index (κ1) is 14.0. The van der Waals surface area contributed by atoms with Crippen molar-refractivity contribution in [3.8, 4) is 0 Å². The third-order valence-corrected chi connectivity index (χ3v) is 4.18. The van der Waals surface area contributed by atoms with Gasteiger partial charge in [0.25, 0.3) is 0 Å². The van der Waals surface area contributed by atoms with Crippen LogP contribution in [0.3, 0.4) is 0 Å². The van der Waals surface area contributed by atoms with Crippen LogP contribution in [0.15, 0.2) is 42.5 Å². The SMILES string of the molecule is COC(=O)[C@@H](c1ccc2ccccc2c1)[C@@H]1NCC[C@H]1O. The van der Waals surface area contributed by atoms with Gasteiger partial charge in [0, 0.05) is 0 Å². The molecule has 0 unspecified atom stereocenters. The van der Waals surface area contributed by atoms with Crippen LogP contribution in [0.4, 0.5) is 0 Å². The van der Waals surface area contributed by atoms with Gasteiger partial charge in [-0.05, 0) is 29.3 Å². The fourth-order valence-corrected chi connectivity index (χ4v) is 3.07. The summed E-state index contributed by atoms with van der Waals surface area (Å²) in [6.07, 6.45) is 0.131. The maximum absolute atomic E-state index is 12.2. The molecule has 21 heavy (non-hydrogen) atoms. The standard InChI is InChI=1S/C17H19NO3/c1-21-17(20)15(16-14(19)8-9-18-16)13-7-6-11-4-2-3-5-12(11)10-13/h2-7,10,14-16,18-19H,8-9H2,1H3/t14-,15+,16-/m1/s1. The Hall–Kier alpha value is -1.91. The van der Waals surface area contributed by atoms with Crippen molar-refractivity contribution in [1.82, 2.24) is 5.32 Å². The summed E-state index contributed by atoms with van der Waals surface area (Å²) in [4.78, 5) is 12.2. The van der Waals surface area contributed by atoms with Gasteiger partial charge in [0.1, 0.15) is 0 Å². The number of nitrogens with one attached hydrogen (secondary N) is 1.